The zero-order valence-corrected chi connectivity index (χ0v) is 8.46. The molecule has 0 bridgehead atoms. The normalized spacial score (nSPS) is 18.9. The Morgan fingerprint density at radius 3 is 2.54 bits per heavy atom. The zero-order chi connectivity index (χ0) is 9.84. The van der Waals surface area contributed by atoms with Crippen LogP contribution in [0, 0.1) is 0 Å². The summed E-state index contributed by atoms with van der Waals surface area (Å²) in [6.45, 7) is 8.26. The van der Waals surface area contributed by atoms with E-state index >= 15 is 0 Å². The second-order valence-corrected chi connectivity index (χ2v) is 3.29. The Kier molecular flexibility index (Phi) is 3.13. The summed E-state index contributed by atoms with van der Waals surface area (Å²) in [5.41, 5.74) is 2.89. The number of nitrogens with zero attached hydrogens (tertiary/aromatic N) is 1. The standard InChI is InChI=1S/C10H13N.C2H4/c1-8-7-9-5-3-4-6-10(9)11(8)2;1-2/h3-6,8H,7H2,1-2H3;1-2H2. The van der Waals surface area contributed by atoms with Crippen molar-refractivity contribution in [2.45, 2.75) is 19.4 Å². The maximum absolute atomic E-state index is 3.00. The van der Waals surface area contributed by atoms with Crippen LogP contribution in [-0.4, -0.2) is 13.1 Å². The van der Waals surface area contributed by atoms with Crippen LogP contribution in [0.4, 0.5) is 5.69 Å². The summed E-state index contributed by atoms with van der Waals surface area (Å²) in [5.74, 6) is 0. The highest BCUT2D eigenvalue weighted by Crippen LogP contribution is 2.29. The van der Waals surface area contributed by atoms with E-state index < -0.39 is 0 Å². The summed E-state index contributed by atoms with van der Waals surface area (Å²) in [5, 5.41) is 0. The molecule has 0 aliphatic carbocycles. The van der Waals surface area contributed by atoms with Gasteiger partial charge in [-0.3, -0.25) is 0 Å². The van der Waals surface area contributed by atoms with Crippen molar-refractivity contribution in [1.82, 2.24) is 0 Å². The summed E-state index contributed by atoms with van der Waals surface area (Å²) >= 11 is 0. The first-order chi connectivity index (χ1) is 6.29. The molecule has 1 heterocycles. The molecule has 1 aromatic carbocycles. The number of fused-ring (bicyclic) bond motifs is 1. The van der Waals surface area contributed by atoms with Gasteiger partial charge in [0, 0.05) is 18.8 Å². The molecule has 1 aliphatic heterocycles. The molecular weight excluding hydrogens is 158 g/mol. The summed E-state index contributed by atoms with van der Waals surface area (Å²) < 4.78 is 0. The molecule has 0 aromatic heterocycles. The average molecular weight is 175 g/mol. The maximum Gasteiger partial charge on any atom is 0.0399 e. The van der Waals surface area contributed by atoms with Gasteiger partial charge in [-0.1, -0.05) is 18.2 Å². The van der Waals surface area contributed by atoms with Crippen molar-refractivity contribution in [3.8, 4) is 0 Å². The van der Waals surface area contributed by atoms with Gasteiger partial charge in [0.15, 0.2) is 0 Å². The Bertz CT molecular complexity index is 280. The zero-order valence-electron chi connectivity index (χ0n) is 8.46. The smallest absolute Gasteiger partial charge is 0.0399 e. The minimum Gasteiger partial charge on any atom is -0.371 e. The molecule has 2 rings (SSSR count). The summed E-state index contributed by atoms with van der Waals surface area (Å²) in [4.78, 5) is 2.34. The van der Waals surface area contributed by atoms with Crippen molar-refractivity contribution >= 4 is 5.69 Å². The van der Waals surface area contributed by atoms with E-state index in [1.807, 2.05) is 0 Å². The van der Waals surface area contributed by atoms with E-state index in [0.29, 0.717) is 6.04 Å². The third-order valence-electron chi connectivity index (χ3n) is 2.55. The summed E-state index contributed by atoms with van der Waals surface area (Å²) in [6, 6.07) is 9.30. The summed E-state index contributed by atoms with van der Waals surface area (Å²) in [7, 11) is 2.16. The highest BCUT2D eigenvalue weighted by atomic mass is 15.1. The van der Waals surface area contributed by atoms with Crippen molar-refractivity contribution < 1.29 is 0 Å². The molecule has 1 aliphatic rings. The van der Waals surface area contributed by atoms with Gasteiger partial charge in [0.05, 0.1) is 0 Å². The lowest BCUT2D eigenvalue weighted by atomic mass is 10.1. The van der Waals surface area contributed by atoms with Crippen molar-refractivity contribution in [3.05, 3.63) is 43.0 Å². The van der Waals surface area contributed by atoms with Gasteiger partial charge in [-0.05, 0) is 25.0 Å². The predicted octanol–water partition coefficient (Wildman–Crippen LogP) is 2.87. The molecule has 1 heteroatoms. The lowest BCUT2D eigenvalue weighted by molar-refractivity contribution is 0.732. The molecule has 1 aromatic rings. The van der Waals surface area contributed by atoms with Crippen LogP contribution in [-0.2, 0) is 6.42 Å². The molecule has 0 saturated heterocycles. The van der Waals surface area contributed by atoms with E-state index in [1.54, 1.807) is 0 Å². The van der Waals surface area contributed by atoms with Crippen LogP contribution in [0.25, 0.3) is 0 Å². The molecule has 0 N–H and O–H groups in total. The molecule has 1 nitrogen and oxygen atoms in total. The first-order valence-electron chi connectivity index (χ1n) is 4.60. The number of benzene rings is 1. The van der Waals surface area contributed by atoms with E-state index in [1.165, 1.54) is 17.7 Å². The van der Waals surface area contributed by atoms with Crippen molar-refractivity contribution in [3.63, 3.8) is 0 Å². The third-order valence-corrected chi connectivity index (χ3v) is 2.55. The van der Waals surface area contributed by atoms with Crippen LogP contribution in [0.5, 0.6) is 0 Å². The first-order valence-corrected chi connectivity index (χ1v) is 4.60. The van der Waals surface area contributed by atoms with E-state index in [-0.39, 0.29) is 0 Å². The lowest BCUT2D eigenvalue weighted by Gasteiger charge is -2.17. The van der Waals surface area contributed by atoms with E-state index in [2.05, 4.69) is 56.3 Å². The van der Waals surface area contributed by atoms with Gasteiger partial charge in [0.25, 0.3) is 0 Å². The minimum absolute atomic E-state index is 0.674. The fourth-order valence-electron chi connectivity index (χ4n) is 1.72. The number of rotatable bonds is 0. The first kappa shape index (κ1) is 9.85. The number of anilines is 1. The molecule has 1 unspecified atom stereocenters. The van der Waals surface area contributed by atoms with Crippen molar-refractivity contribution in [1.29, 1.82) is 0 Å². The van der Waals surface area contributed by atoms with Gasteiger partial charge in [-0.15, -0.1) is 13.2 Å². The molecule has 0 spiro atoms. The number of hydrogen-bond donors (Lipinski definition) is 0. The maximum atomic E-state index is 3.00. The Hall–Kier alpha value is -1.24. The van der Waals surface area contributed by atoms with Crippen LogP contribution in [0.1, 0.15) is 12.5 Å². The Labute approximate surface area is 80.7 Å². The van der Waals surface area contributed by atoms with Gasteiger partial charge in [0.2, 0.25) is 0 Å². The molecule has 0 fully saturated rings. The molecular formula is C12H17N. The van der Waals surface area contributed by atoms with Gasteiger partial charge in [-0.25, -0.2) is 0 Å². The topological polar surface area (TPSA) is 3.24 Å². The molecule has 70 valence electrons. The quantitative estimate of drug-likeness (QED) is 0.548. The number of hydrogen-bond acceptors (Lipinski definition) is 1. The van der Waals surface area contributed by atoms with E-state index in [9.17, 15) is 0 Å². The third kappa shape index (κ3) is 1.74. The second kappa shape index (κ2) is 4.13. The van der Waals surface area contributed by atoms with E-state index in [0.717, 1.165) is 0 Å². The fraction of sp³-hybridized carbons (Fsp3) is 0.333. The number of likely N-dealkylation sites (N-methyl/N-ethyl adjacent to an activating group) is 1. The van der Waals surface area contributed by atoms with Crippen LogP contribution in [0.2, 0.25) is 0 Å². The molecule has 13 heavy (non-hydrogen) atoms. The van der Waals surface area contributed by atoms with Gasteiger partial charge in [-0.2, -0.15) is 0 Å². The molecule has 0 saturated carbocycles. The predicted molar refractivity (Wildman–Crippen MR) is 59.3 cm³/mol. The highest BCUT2D eigenvalue weighted by molar-refractivity contribution is 5.58. The van der Waals surface area contributed by atoms with Crippen LogP contribution < -0.4 is 4.90 Å². The van der Waals surface area contributed by atoms with Crippen LogP contribution in [0.15, 0.2) is 37.4 Å². The van der Waals surface area contributed by atoms with Gasteiger partial charge >= 0.3 is 0 Å². The Morgan fingerprint density at radius 2 is 1.92 bits per heavy atom. The summed E-state index contributed by atoms with van der Waals surface area (Å²) in [6.07, 6.45) is 1.20. The fourth-order valence-corrected chi connectivity index (χ4v) is 1.72. The SMILES string of the molecule is C=C.CC1Cc2ccccc2N1C. The van der Waals surface area contributed by atoms with Crippen molar-refractivity contribution in [2.75, 3.05) is 11.9 Å². The molecule has 1 atom stereocenters. The Morgan fingerprint density at radius 1 is 1.31 bits per heavy atom. The average Bonchev–Trinajstić information content (AvgIpc) is 2.47. The Balaban J connectivity index is 0.000000396. The molecule has 0 amide bonds. The van der Waals surface area contributed by atoms with Crippen molar-refractivity contribution in [2.24, 2.45) is 0 Å². The van der Waals surface area contributed by atoms with Crippen LogP contribution >= 0.6 is 0 Å². The number of para-hydroxylation sites is 1. The highest BCUT2D eigenvalue weighted by Gasteiger charge is 2.21. The lowest BCUT2D eigenvalue weighted by Crippen LogP contribution is -2.23. The minimum atomic E-state index is 0.674. The van der Waals surface area contributed by atoms with Crippen LogP contribution in [0.3, 0.4) is 0 Å². The van der Waals surface area contributed by atoms with E-state index in [4.69, 9.17) is 0 Å². The largest absolute Gasteiger partial charge is 0.371 e. The van der Waals surface area contributed by atoms with Gasteiger partial charge in [0.1, 0.15) is 0 Å². The molecule has 0 radical (unpaired) electrons. The second-order valence-electron chi connectivity index (χ2n) is 3.29. The monoisotopic (exact) mass is 175 g/mol. The van der Waals surface area contributed by atoms with Gasteiger partial charge < -0.3 is 4.90 Å².